The van der Waals surface area contributed by atoms with Crippen molar-refractivity contribution in [2.24, 2.45) is 0 Å². The van der Waals surface area contributed by atoms with E-state index in [1.54, 1.807) is 18.2 Å². The maximum Gasteiger partial charge on any atom is 0.251 e. The first kappa shape index (κ1) is 19.5. The van der Waals surface area contributed by atoms with Crippen molar-refractivity contribution in [2.75, 3.05) is 39.6 Å². The Morgan fingerprint density at radius 3 is 2.83 bits per heavy atom. The fourth-order valence-electron chi connectivity index (χ4n) is 3.38. The molecule has 2 heterocycles. The Bertz CT molecular complexity index is 851. The zero-order valence-corrected chi connectivity index (χ0v) is 16.6. The maximum absolute atomic E-state index is 12.4. The lowest BCUT2D eigenvalue weighted by Gasteiger charge is -2.26. The SMILES string of the molecule is CC(CNC(=O)c1ccc2c(c1)OCO2)Oc1cccc(CN2CCOCC2)c1. The Balaban J connectivity index is 1.27. The molecule has 1 amide bonds. The molecule has 1 saturated heterocycles. The molecule has 29 heavy (non-hydrogen) atoms. The summed E-state index contributed by atoms with van der Waals surface area (Å²) in [6, 6.07) is 13.3. The summed E-state index contributed by atoms with van der Waals surface area (Å²) in [6.45, 7) is 6.90. The van der Waals surface area contributed by atoms with Crippen molar-refractivity contribution in [3.8, 4) is 17.2 Å². The smallest absolute Gasteiger partial charge is 0.251 e. The number of carbonyl (C=O) groups is 1. The number of rotatable bonds is 7. The second kappa shape index (κ2) is 9.15. The van der Waals surface area contributed by atoms with E-state index in [1.807, 2.05) is 19.1 Å². The summed E-state index contributed by atoms with van der Waals surface area (Å²) in [7, 11) is 0. The zero-order valence-electron chi connectivity index (χ0n) is 16.6. The Kier molecular flexibility index (Phi) is 6.17. The Hall–Kier alpha value is -2.77. The number of amides is 1. The quantitative estimate of drug-likeness (QED) is 0.773. The van der Waals surface area contributed by atoms with E-state index in [1.165, 1.54) is 5.56 Å². The molecule has 2 aromatic carbocycles. The summed E-state index contributed by atoms with van der Waals surface area (Å²) in [5.41, 5.74) is 1.75. The van der Waals surface area contributed by atoms with Crippen molar-refractivity contribution in [1.82, 2.24) is 10.2 Å². The molecule has 0 spiro atoms. The number of hydrogen-bond acceptors (Lipinski definition) is 6. The van der Waals surface area contributed by atoms with Gasteiger partial charge >= 0.3 is 0 Å². The molecule has 0 aromatic heterocycles. The van der Waals surface area contributed by atoms with Gasteiger partial charge in [-0.3, -0.25) is 9.69 Å². The second-order valence-corrected chi connectivity index (χ2v) is 7.24. The van der Waals surface area contributed by atoms with E-state index in [0.717, 1.165) is 38.6 Å². The summed E-state index contributed by atoms with van der Waals surface area (Å²) < 4.78 is 22.0. The van der Waals surface area contributed by atoms with Gasteiger partial charge in [0.25, 0.3) is 5.91 Å². The normalized spacial score (nSPS) is 17.0. The fourth-order valence-corrected chi connectivity index (χ4v) is 3.38. The summed E-state index contributed by atoms with van der Waals surface area (Å²) in [5, 5.41) is 2.91. The molecular formula is C22H26N2O5. The zero-order chi connectivity index (χ0) is 20.1. The standard InChI is InChI=1S/C22H26N2O5/c1-16(13-23-22(25)18-5-6-20-21(12-18)28-15-27-20)29-19-4-2-3-17(11-19)14-24-7-9-26-10-8-24/h2-6,11-12,16H,7-10,13-15H2,1H3,(H,23,25). The number of carbonyl (C=O) groups excluding carboxylic acids is 1. The lowest BCUT2D eigenvalue weighted by atomic mass is 10.2. The van der Waals surface area contributed by atoms with Crippen molar-refractivity contribution >= 4 is 5.91 Å². The van der Waals surface area contributed by atoms with Crippen molar-refractivity contribution in [2.45, 2.75) is 19.6 Å². The van der Waals surface area contributed by atoms with Crippen LogP contribution in [0, 0.1) is 0 Å². The number of morpholine rings is 1. The lowest BCUT2D eigenvalue weighted by molar-refractivity contribution is 0.0341. The Morgan fingerprint density at radius 2 is 1.97 bits per heavy atom. The van der Waals surface area contributed by atoms with Gasteiger partial charge in [-0.1, -0.05) is 12.1 Å². The summed E-state index contributed by atoms with van der Waals surface area (Å²) >= 11 is 0. The molecule has 0 aliphatic carbocycles. The van der Waals surface area contributed by atoms with Gasteiger partial charge < -0.3 is 24.3 Å². The van der Waals surface area contributed by atoms with Crippen LogP contribution in [0.15, 0.2) is 42.5 Å². The van der Waals surface area contributed by atoms with Crippen LogP contribution in [0.4, 0.5) is 0 Å². The highest BCUT2D eigenvalue weighted by atomic mass is 16.7. The molecule has 0 bridgehead atoms. The number of benzene rings is 2. The molecule has 1 fully saturated rings. The van der Waals surface area contributed by atoms with E-state index in [9.17, 15) is 4.79 Å². The minimum atomic E-state index is -0.167. The third kappa shape index (κ3) is 5.19. The van der Waals surface area contributed by atoms with E-state index in [-0.39, 0.29) is 18.8 Å². The molecule has 2 aliphatic heterocycles. The first-order valence-corrected chi connectivity index (χ1v) is 9.91. The van der Waals surface area contributed by atoms with Crippen LogP contribution in [0.2, 0.25) is 0 Å². The fraction of sp³-hybridized carbons (Fsp3) is 0.409. The summed E-state index contributed by atoms with van der Waals surface area (Å²) in [4.78, 5) is 14.8. The predicted octanol–water partition coefficient (Wildman–Crippen LogP) is 2.44. The van der Waals surface area contributed by atoms with Gasteiger partial charge in [-0.25, -0.2) is 0 Å². The van der Waals surface area contributed by atoms with E-state index in [4.69, 9.17) is 18.9 Å². The Labute approximate surface area is 170 Å². The predicted molar refractivity (Wildman–Crippen MR) is 108 cm³/mol. The molecule has 1 N–H and O–H groups in total. The van der Waals surface area contributed by atoms with Crippen LogP contribution in [0.1, 0.15) is 22.8 Å². The minimum absolute atomic E-state index is 0.161. The van der Waals surface area contributed by atoms with Crippen molar-refractivity contribution < 1.29 is 23.7 Å². The molecule has 2 aromatic rings. The molecule has 154 valence electrons. The molecule has 7 heteroatoms. The van der Waals surface area contributed by atoms with Gasteiger partial charge in [0.05, 0.1) is 19.8 Å². The van der Waals surface area contributed by atoms with Crippen LogP contribution in [0.3, 0.4) is 0 Å². The summed E-state index contributed by atoms with van der Waals surface area (Å²) in [6.07, 6.45) is -0.161. The largest absolute Gasteiger partial charge is 0.489 e. The number of nitrogens with zero attached hydrogens (tertiary/aromatic N) is 1. The molecule has 1 atom stereocenters. The van der Waals surface area contributed by atoms with E-state index in [2.05, 4.69) is 22.3 Å². The Morgan fingerprint density at radius 1 is 1.14 bits per heavy atom. The lowest BCUT2D eigenvalue weighted by Crippen LogP contribution is -2.35. The molecule has 2 aliphatic rings. The van der Waals surface area contributed by atoms with Crippen LogP contribution in [-0.2, 0) is 11.3 Å². The van der Waals surface area contributed by atoms with Gasteiger partial charge in [0.1, 0.15) is 11.9 Å². The van der Waals surface area contributed by atoms with Crippen molar-refractivity contribution in [3.05, 3.63) is 53.6 Å². The van der Waals surface area contributed by atoms with Gasteiger partial charge in [0, 0.05) is 25.2 Å². The van der Waals surface area contributed by atoms with Crippen LogP contribution in [0.5, 0.6) is 17.2 Å². The van der Waals surface area contributed by atoms with Crippen LogP contribution >= 0.6 is 0 Å². The van der Waals surface area contributed by atoms with Gasteiger partial charge in [-0.15, -0.1) is 0 Å². The van der Waals surface area contributed by atoms with Gasteiger partial charge in [-0.2, -0.15) is 0 Å². The number of ether oxygens (including phenoxy) is 4. The minimum Gasteiger partial charge on any atom is -0.489 e. The van der Waals surface area contributed by atoms with Crippen molar-refractivity contribution in [3.63, 3.8) is 0 Å². The van der Waals surface area contributed by atoms with Crippen LogP contribution in [0.25, 0.3) is 0 Å². The highest BCUT2D eigenvalue weighted by Gasteiger charge is 2.17. The monoisotopic (exact) mass is 398 g/mol. The van der Waals surface area contributed by atoms with Crippen LogP contribution in [-0.4, -0.2) is 56.6 Å². The number of nitrogens with one attached hydrogen (secondary N) is 1. The van der Waals surface area contributed by atoms with Gasteiger partial charge in [0.15, 0.2) is 11.5 Å². The molecule has 0 saturated carbocycles. The highest BCUT2D eigenvalue weighted by Crippen LogP contribution is 2.32. The number of fused-ring (bicyclic) bond motifs is 1. The average molecular weight is 398 g/mol. The van der Waals surface area contributed by atoms with Gasteiger partial charge in [-0.05, 0) is 42.8 Å². The third-order valence-corrected chi connectivity index (χ3v) is 4.93. The number of hydrogen-bond donors (Lipinski definition) is 1. The molecule has 1 unspecified atom stereocenters. The summed E-state index contributed by atoms with van der Waals surface area (Å²) in [5.74, 6) is 1.90. The average Bonchev–Trinajstić information content (AvgIpc) is 3.21. The van der Waals surface area contributed by atoms with Crippen molar-refractivity contribution in [1.29, 1.82) is 0 Å². The molecule has 0 radical (unpaired) electrons. The van der Waals surface area contributed by atoms with E-state index >= 15 is 0 Å². The van der Waals surface area contributed by atoms with E-state index < -0.39 is 0 Å². The first-order valence-electron chi connectivity index (χ1n) is 9.91. The van der Waals surface area contributed by atoms with Gasteiger partial charge in [0.2, 0.25) is 6.79 Å². The first-order chi connectivity index (χ1) is 14.2. The van der Waals surface area contributed by atoms with Crippen LogP contribution < -0.4 is 19.5 Å². The maximum atomic E-state index is 12.4. The molecule has 7 nitrogen and oxygen atoms in total. The molecular weight excluding hydrogens is 372 g/mol. The highest BCUT2D eigenvalue weighted by molar-refractivity contribution is 5.94. The third-order valence-electron chi connectivity index (χ3n) is 4.93. The topological polar surface area (TPSA) is 69.3 Å². The second-order valence-electron chi connectivity index (χ2n) is 7.24. The molecule has 4 rings (SSSR count). The van der Waals surface area contributed by atoms with E-state index in [0.29, 0.717) is 23.6 Å².